The van der Waals surface area contributed by atoms with Crippen LogP contribution in [0.25, 0.3) is 0 Å². The Labute approximate surface area is 156 Å². The zero-order chi connectivity index (χ0) is 18.3. The molecule has 0 bridgehead atoms. The summed E-state index contributed by atoms with van der Waals surface area (Å²) in [6.45, 7) is 4.03. The van der Waals surface area contributed by atoms with Crippen LogP contribution in [0.1, 0.15) is 30.9 Å². The van der Waals surface area contributed by atoms with Crippen LogP contribution in [-0.4, -0.2) is 16.7 Å². The van der Waals surface area contributed by atoms with E-state index in [0.29, 0.717) is 11.4 Å². The van der Waals surface area contributed by atoms with E-state index in [9.17, 15) is 9.90 Å². The predicted molar refractivity (Wildman–Crippen MR) is 106 cm³/mol. The highest BCUT2D eigenvalue weighted by atomic mass is 32.1. The summed E-state index contributed by atoms with van der Waals surface area (Å²) in [5.74, 6) is 0.122. The summed E-state index contributed by atoms with van der Waals surface area (Å²) in [5, 5.41) is 14.5. The average Bonchev–Trinajstić information content (AvgIpc) is 3.23. The Kier molecular flexibility index (Phi) is 4.09. The smallest absolute Gasteiger partial charge is 0.282 e. The lowest BCUT2D eigenvalue weighted by atomic mass is 10.0. The van der Waals surface area contributed by atoms with Gasteiger partial charge in [0.2, 0.25) is 0 Å². The molecule has 0 unspecified atom stereocenters. The fraction of sp³-hybridized carbons (Fsp3) is 0.143. The van der Waals surface area contributed by atoms with Crippen LogP contribution in [0.2, 0.25) is 0 Å². The number of rotatable bonds is 3. The molecule has 4 rings (SSSR count). The van der Waals surface area contributed by atoms with Crippen LogP contribution < -0.4 is 4.90 Å². The lowest BCUT2D eigenvalue weighted by molar-refractivity contribution is -0.111. The molecule has 1 N–H and O–H groups in total. The normalized spacial score (nSPS) is 15.1. The minimum Gasteiger partial charge on any atom is -0.505 e. The second-order valence-corrected chi connectivity index (χ2v) is 7.25. The molecule has 130 valence electrons. The minimum absolute atomic E-state index is 0.134. The number of phenols is 1. The van der Waals surface area contributed by atoms with Crippen molar-refractivity contribution in [3.63, 3.8) is 0 Å². The lowest BCUT2D eigenvalue weighted by Gasteiger charge is -2.14. The largest absolute Gasteiger partial charge is 0.505 e. The van der Waals surface area contributed by atoms with Gasteiger partial charge in [0.1, 0.15) is 17.1 Å². The van der Waals surface area contributed by atoms with Crippen LogP contribution in [0.15, 0.2) is 64.3 Å². The Morgan fingerprint density at radius 1 is 1.08 bits per heavy atom. The number of fused-ring (bicyclic) bond motifs is 1. The molecule has 0 atom stereocenters. The Morgan fingerprint density at radius 3 is 2.62 bits per heavy atom. The molecule has 0 aliphatic carbocycles. The highest BCUT2D eigenvalue weighted by Crippen LogP contribution is 2.39. The number of carbonyl (C=O) groups is 1. The van der Waals surface area contributed by atoms with Crippen molar-refractivity contribution in [1.29, 1.82) is 0 Å². The van der Waals surface area contributed by atoms with Gasteiger partial charge in [-0.25, -0.2) is 4.99 Å². The van der Waals surface area contributed by atoms with Crippen molar-refractivity contribution in [2.75, 3.05) is 4.90 Å². The molecule has 0 saturated heterocycles. The molecule has 3 aromatic rings. The number of aromatic hydroxyl groups is 1. The summed E-state index contributed by atoms with van der Waals surface area (Å²) < 4.78 is 0. The van der Waals surface area contributed by atoms with Crippen LogP contribution in [0.5, 0.6) is 5.75 Å². The molecule has 5 heteroatoms. The highest BCUT2D eigenvalue weighted by molar-refractivity contribution is 7.08. The standard InChI is InChI=1S/C21H18N2O2S/c1-13(2)15-7-5-8-17(20(15)24)22-19-16-6-3-4-9-18(16)23(21(19)25)14-10-11-26-12-14/h3-13,24H,1-2H3. The number of nitrogens with zero attached hydrogens (tertiary/aromatic N) is 2. The van der Waals surface area contributed by atoms with Gasteiger partial charge in [-0.15, -0.1) is 0 Å². The van der Waals surface area contributed by atoms with Gasteiger partial charge in [-0.1, -0.05) is 44.2 Å². The van der Waals surface area contributed by atoms with Crippen LogP contribution in [-0.2, 0) is 4.79 Å². The number of amides is 1. The van der Waals surface area contributed by atoms with E-state index >= 15 is 0 Å². The Hall–Kier alpha value is -2.92. The third-order valence-electron chi connectivity index (χ3n) is 4.47. The number of aliphatic imine (C=N–C) groups is 1. The molecular weight excluding hydrogens is 344 g/mol. The SMILES string of the molecule is CC(C)c1cccc(N=C2C(=O)N(c3ccsc3)c3ccccc32)c1O. The van der Waals surface area contributed by atoms with Gasteiger partial charge in [0.05, 0.1) is 11.4 Å². The van der Waals surface area contributed by atoms with Crippen LogP contribution >= 0.6 is 11.3 Å². The molecule has 0 spiro atoms. The number of hydrogen-bond donors (Lipinski definition) is 1. The van der Waals surface area contributed by atoms with E-state index in [1.165, 1.54) is 0 Å². The monoisotopic (exact) mass is 362 g/mol. The molecule has 1 aliphatic rings. The number of hydrogen-bond acceptors (Lipinski definition) is 4. The second kappa shape index (κ2) is 6.42. The van der Waals surface area contributed by atoms with E-state index in [1.54, 1.807) is 22.3 Å². The van der Waals surface area contributed by atoms with Crippen molar-refractivity contribution in [1.82, 2.24) is 0 Å². The second-order valence-electron chi connectivity index (χ2n) is 6.47. The van der Waals surface area contributed by atoms with E-state index in [2.05, 4.69) is 4.99 Å². The molecule has 1 amide bonds. The summed E-state index contributed by atoms with van der Waals surface area (Å²) >= 11 is 1.54. The van der Waals surface area contributed by atoms with Gasteiger partial charge >= 0.3 is 0 Å². The molecule has 0 fully saturated rings. The molecule has 0 radical (unpaired) electrons. The van der Waals surface area contributed by atoms with E-state index in [1.807, 2.05) is 67.1 Å². The lowest BCUT2D eigenvalue weighted by Crippen LogP contribution is -2.24. The zero-order valence-corrected chi connectivity index (χ0v) is 15.3. The summed E-state index contributed by atoms with van der Waals surface area (Å²) in [5.41, 5.74) is 4.01. The average molecular weight is 362 g/mol. The fourth-order valence-corrected chi connectivity index (χ4v) is 3.79. The van der Waals surface area contributed by atoms with Crippen molar-refractivity contribution in [3.05, 3.63) is 70.4 Å². The van der Waals surface area contributed by atoms with E-state index in [-0.39, 0.29) is 17.6 Å². The molecular formula is C21H18N2O2S. The van der Waals surface area contributed by atoms with Crippen LogP contribution in [0.4, 0.5) is 17.1 Å². The van der Waals surface area contributed by atoms with Gasteiger partial charge in [0.25, 0.3) is 5.91 Å². The predicted octanol–water partition coefficient (Wildman–Crippen LogP) is 5.38. The zero-order valence-electron chi connectivity index (χ0n) is 14.5. The first-order valence-corrected chi connectivity index (χ1v) is 9.39. The van der Waals surface area contributed by atoms with E-state index < -0.39 is 0 Å². The topological polar surface area (TPSA) is 52.9 Å². The Bertz CT molecular complexity index is 1010. The van der Waals surface area contributed by atoms with Crippen molar-refractivity contribution in [2.24, 2.45) is 4.99 Å². The molecule has 2 heterocycles. The first kappa shape index (κ1) is 16.5. The molecule has 1 aromatic heterocycles. The number of anilines is 2. The number of carbonyl (C=O) groups excluding carboxylic acids is 1. The van der Waals surface area contributed by atoms with Crippen molar-refractivity contribution in [3.8, 4) is 5.75 Å². The molecule has 1 aliphatic heterocycles. The first-order valence-electron chi connectivity index (χ1n) is 8.44. The third kappa shape index (κ3) is 2.61. The minimum atomic E-state index is -0.182. The summed E-state index contributed by atoms with van der Waals surface area (Å²) in [4.78, 5) is 19.4. The molecule has 0 saturated carbocycles. The van der Waals surface area contributed by atoms with E-state index in [4.69, 9.17) is 0 Å². The first-order chi connectivity index (χ1) is 12.6. The van der Waals surface area contributed by atoms with Gasteiger partial charge in [0, 0.05) is 10.9 Å². The van der Waals surface area contributed by atoms with Crippen LogP contribution in [0, 0.1) is 0 Å². The van der Waals surface area contributed by atoms with Crippen molar-refractivity contribution < 1.29 is 9.90 Å². The number of benzene rings is 2. The molecule has 4 nitrogen and oxygen atoms in total. The van der Waals surface area contributed by atoms with Gasteiger partial charge in [-0.2, -0.15) is 11.3 Å². The highest BCUT2D eigenvalue weighted by Gasteiger charge is 2.35. The number of para-hydroxylation sites is 2. The molecule has 26 heavy (non-hydrogen) atoms. The van der Waals surface area contributed by atoms with Crippen molar-refractivity contribution >= 4 is 40.0 Å². The van der Waals surface area contributed by atoms with Gasteiger partial charge in [0.15, 0.2) is 0 Å². The van der Waals surface area contributed by atoms with Gasteiger partial charge < -0.3 is 5.11 Å². The fourth-order valence-electron chi connectivity index (χ4n) is 3.17. The van der Waals surface area contributed by atoms with Crippen LogP contribution in [0.3, 0.4) is 0 Å². The van der Waals surface area contributed by atoms with Gasteiger partial charge in [-0.05, 0) is 35.1 Å². The molecule has 2 aromatic carbocycles. The Balaban J connectivity index is 1.87. The summed E-state index contributed by atoms with van der Waals surface area (Å²) in [6.07, 6.45) is 0. The third-order valence-corrected chi connectivity index (χ3v) is 5.14. The van der Waals surface area contributed by atoms with E-state index in [0.717, 1.165) is 22.5 Å². The quantitative estimate of drug-likeness (QED) is 0.680. The maximum Gasteiger partial charge on any atom is 0.282 e. The maximum absolute atomic E-state index is 13.1. The maximum atomic E-state index is 13.1. The summed E-state index contributed by atoms with van der Waals surface area (Å²) in [7, 11) is 0. The number of phenolic OH excluding ortho intramolecular Hbond substituents is 1. The Morgan fingerprint density at radius 2 is 1.88 bits per heavy atom. The van der Waals surface area contributed by atoms with Gasteiger partial charge in [-0.3, -0.25) is 9.69 Å². The number of thiophene rings is 1. The van der Waals surface area contributed by atoms with Crippen molar-refractivity contribution in [2.45, 2.75) is 19.8 Å². The summed E-state index contributed by atoms with van der Waals surface area (Å²) in [6, 6.07) is 15.0.